The van der Waals surface area contributed by atoms with Gasteiger partial charge in [-0.05, 0) is 25.1 Å². The van der Waals surface area contributed by atoms with Crippen LogP contribution in [-0.2, 0) is 0 Å². The molecule has 0 saturated heterocycles. The third kappa shape index (κ3) is 3.10. The third-order valence-electron chi connectivity index (χ3n) is 2.97. The second-order valence-electron chi connectivity index (χ2n) is 4.52. The van der Waals surface area contributed by atoms with Crippen molar-refractivity contribution in [3.8, 4) is 17.3 Å². The smallest absolute Gasteiger partial charge is 0.134 e. The van der Waals surface area contributed by atoms with Crippen LogP contribution in [0.4, 0.5) is 0 Å². The van der Waals surface area contributed by atoms with E-state index in [-0.39, 0.29) is 0 Å². The van der Waals surface area contributed by atoms with Gasteiger partial charge in [-0.2, -0.15) is 5.26 Å². The van der Waals surface area contributed by atoms with Crippen molar-refractivity contribution in [3.63, 3.8) is 0 Å². The number of hydrogen-bond donors (Lipinski definition) is 0. The third-order valence-corrected chi connectivity index (χ3v) is 4.80. The molecule has 2 nitrogen and oxygen atoms in total. The average Bonchev–Trinajstić information content (AvgIpc) is 3.15. The summed E-state index contributed by atoms with van der Waals surface area (Å²) < 4.78 is 0. The summed E-state index contributed by atoms with van der Waals surface area (Å²) in [5.74, 6) is 0. The van der Waals surface area contributed by atoms with Crippen molar-refractivity contribution < 1.29 is 0 Å². The van der Waals surface area contributed by atoms with Crippen molar-refractivity contribution in [1.82, 2.24) is 4.98 Å². The van der Waals surface area contributed by atoms with Gasteiger partial charge >= 0.3 is 0 Å². The molecule has 4 heteroatoms. The molecule has 0 radical (unpaired) electrons. The molecule has 0 N–H and O–H groups in total. The van der Waals surface area contributed by atoms with E-state index < -0.39 is 0 Å². The summed E-state index contributed by atoms with van der Waals surface area (Å²) in [6.07, 6.45) is 1.91. The minimum absolute atomic E-state index is 0.615. The van der Waals surface area contributed by atoms with Gasteiger partial charge in [-0.25, -0.2) is 4.98 Å². The number of thiazole rings is 1. The van der Waals surface area contributed by atoms with Crippen LogP contribution in [0.15, 0.2) is 47.8 Å². The van der Waals surface area contributed by atoms with Crippen molar-refractivity contribution >= 4 is 34.3 Å². The molecular formula is C17H12N2S2. The number of allylic oxidation sites excluding steroid dienone is 1. The van der Waals surface area contributed by atoms with Gasteiger partial charge in [-0.1, -0.05) is 30.3 Å². The first-order valence-electron chi connectivity index (χ1n) is 6.46. The summed E-state index contributed by atoms with van der Waals surface area (Å²) in [5, 5.41) is 12.1. The Balaban J connectivity index is 1.95. The van der Waals surface area contributed by atoms with E-state index in [1.165, 1.54) is 16.2 Å². The van der Waals surface area contributed by atoms with E-state index in [2.05, 4.69) is 24.0 Å². The maximum atomic E-state index is 9.38. The molecule has 0 aliphatic carbocycles. The molecule has 0 amide bonds. The molecule has 3 rings (SSSR count). The van der Waals surface area contributed by atoms with Gasteiger partial charge in [-0.15, -0.1) is 22.7 Å². The summed E-state index contributed by atoms with van der Waals surface area (Å²) in [6.45, 7) is 2.06. The molecule has 0 saturated carbocycles. The lowest BCUT2D eigenvalue weighted by atomic mass is 10.2. The first-order chi connectivity index (χ1) is 10.3. The standard InChI is InChI=1S/C17H12N2S2/c1-12-7-8-15(21-12)9-14(10-18)17-19-16(11-20-17)13-5-3-2-4-6-13/h2-9,11H,1H3/b14-9+. The zero-order chi connectivity index (χ0) is 14.7. The van der Waals surface area contributed by atoms with Gasteiger partial charge in [-0.3, -0.25) is 0 Å². The second kappa shape index (κ2) is 6.04. The maximum Gasteiger partial charge on any atom is 0.134 e. The van der Waals surface area contributed by atoms with Gasteiger partial charge < -0.3 is 0 Å². The molecule has 0 aliphatic rings. The van der Waals surface area contributed by atoms with Crippen LogP contribution >= 0.6 is 22.7 Å². The Morgan fingerprint density at radius 1 is 1.19 bits per heavy atom. The molecule has 102 valence electrons. The predicted molar refractivity (Wildman–Crippen MR) is 90.1 cm³/mol. The number of aryl methyl sites for hydroxylation is 1. The maximum absolute atomic E-state index is 9.38. The van der Waals surface area contributed by atoms with Crippen LogP contribution in [0.1, 0.15) is 14.8 Å². The van der Waals surface area contributed by atoms with E-state index in [9.17, 15) is 5.26 Å². The van der Waals surface area contributed by atoms with Gasteiger partial charge in [0.05, 0.1) is 11.3 Å². The molecular weight excluding hydrogens is 296 g/mol. The highest BCUT2D eigenvalue weighted by atomic mass is 32.1. The van der Waals surface area contributed by atoms with Crippen molar-refractivity contribution in [2.24, 2.45) is 0 Å². The van der Waals surface area contributed by atoms with Crippen LogP contribution in [-0.4, -0.2) is 4.98 Å². The molecule has 0 fully saturated rings. The second-order valence-corrected chi connectivity index (χ2v) is 6.70. The summed E-state index contributed by atoms with van der Waals surface area (Å²) >= 11 is 3.18. The Hall–Kier alpha value is -2.22. The monoisotopic (exact) mass is 308 g/mol. The number of nitriles is 1. The van der Waals surface area contributed by atoms with Crippen LogP contribution in [0.25, 0.3) is 22.9 Å². The van der Waals surface area contributed by atoms with Crippen molar-refractivity contribution in [3.05, 3.63) is 62.6 Å². The largest absolute Gasteiger partial charge is 0.235 e. The Morgan fingerprint density at radius 3 is 2.67 bits per heavy atom. The Kier molecular flexibility index (Phi) is 3.96. The number of benzene rings is 1. The summed E-state index contributed by atoms with van der Waals surface area (Å²) in [6, 6.07) is 16.4. The number of rotatable bonds is 3. The molecule has 0 spiro atoms. The van der Waals surface area contributed by atoms with Gasteiger partial charge in [0.1, 0.15) is 11.1 Å². The Labute approximate surface area is 131 Å². The molecule has 1 aromatic carbocycles. The summed E-state index contributed by atoms with van der Waals surface area (Å²) in [7, 11) is 0. The molecule has 2 aromatic heterocycles. The van der Waals surface area contributed by atoms with E-state index in [4.69, 9.17) is 0 Å². The SMILES string of the molecule is Cc1ccc(/C=C(\C#N)c2nc(-c3ccccc3)cs2)s1. The molecule has 0 atom stereocenters. The molecule has 0 bridgehead atoms. The first kappa shape index (κ1) is 13.7. The van der Waals surface area contributed by atoms with E-state index in [1.807, 2.05) is 47.9 Å². The van der Waals surface area contributed by atoms with Gasteiger partial charge in [0, 0.05) is 20.7 Å². The van der Waals surface area contributed by atoms with E-state index in [0.29, 0.717) is 5.57 Å². The fourth-order valence-corrected chi connectivity index (χ4v) is 3.57. The Morgan fingerprint density at radius 2 is 2.00 bits per heavy atom. The summed E-state index contributed by atoms with van der Waals surface area (Å²) in [4.78, 5) is 6.91. The fourth-order valence-electron chi connectivity index (χ4n) is 1.95. The molecule has 3 aromatic rings. The van der Waals surface area contributed by atoms with Crippen molar-refractivity contribution in [2.45, 2.75) is 6.92 Å². The lowest BCUT2D eigenvalue weighted by Gasteiger charge is -1.95. The predicted octanol–water partition coefficient (Wildman–Crippen LogP) is 5.24. The quantitative estimate of drug-likeness (QED) is 0.620. The van der Waals surface area contributed by atoms with Crippen molar-refractivity contribution in [1.29, 1.82) is 5.26 Å². The number of nitrogens with zero attached hydrogens (tertiary/aromatic N) is 2. The van der Waals surface area contributed by atoms with Gasteiger partial charge in [0.2, 0.25) is 0 Å². The van der Waals surface area contributed by atoms with Crippen LogP contribution in [0.3, 0.4) is 0 Å². The first-order valence-corrected chi connectivity index (χ1v) is 8.15. The Bertz CT molecular complexity index is 820. The highest BCUT2D eigenvalue weighted by Crippen LogP contribution is 2.28. The zero-order valence-electron chi connectivity index (χ0n) is 11.4. The van der Waals surface area contributed by atoms with E-state index in [1.54, 1.807) is 11.3 Å². The lowest BCUT2D eigenvalue weighted by Crippen LogP contribution is -1.81. The highest BCUT2D eigenvalue weighted by molar-refractivity contribution is 7.13. The van der Waals surface area contributed by atoms with Crippen LogP contribution in [0.2, 0.25) is 0 Å². The topological polar surface area (TPSA) is 36.7 Å². The van der Waals surface area contributed by atoms with Gasteiger partial charge in [0.15, 0.2) is 0 Å². The van der Waals surface area contributed by atoms with Gasteiger partial charge in [0.25, 0.3) is 0 Å². The minimum Gasteiger partial charge on any atom is -0.235 e. The molecule has 0 aliphatic heterocycles. The fraction of sp³-hybridized carbons (Fsp3) is 0.0588. The van der Waals surface area contributed by atoms with E-state index >= 15 is 0 Å². The molecule has 2 heterocycles. The van der Waals surface area contributed by atoms with Crippen molar-refractivity contribution in [2.75, 3.05) is 0 Å². The van der Waals surface area contributed by atoms with Crippen LogP contribution < -0.4 is 0 Å². The summed E-state index contributed by atoms with van der Waals surface area (Å²) in [5.41, 5.74) is 2.60. The number of thiophene rings is 1. The number of aromatic nitrogens is 1. The number of hydrogen-bond acceptors (Lipinski definition) is 4. The minimum atomic E-state index is 0.615. The van der Waals surface area contributed by atoms with Crippen LogP contribution in [0, 0.1) is 18.3 Å². The highest BCUT2D eigenvalue weighted by Gasteiger charge is 2.09. The average molecular weight is 308 g/mol. The molecule has 0 unspecified atom stereocenters. The van der Waals surface area contributed by atoms with Crippen LogP contribution in [0.5, 0.6) is 0 Å². The molecule has 21 heavy (non-hydrogen) atoms. The normalized spacial score (nSPS) is 11.3. The zero-order valence-corrected chi connectivity index (χ0v) is 13.0. The lowest BCUT2D eigenvalue weighted by molar-refractivity contribution is 1.37. The van der Waals surface area contributed by atoms with E-state index in [0.717, 1.165) is 21.1 Å².